The number of hydrogen-bond acceptors (Lipinski definition) is 2. The van der Waals surface area contributed by atoms with Crippen molar-refractivity contribution < 1.29 is 0 Å². The highest BCUT2D eigenvalue weighted by Gasteiger charge is 2.14. The van der Waals surface area contributed by atoms with Crippen molar-refractivity contribution in [3.05, 3.63) is 62.8 Å². The van der Waals surface area contributed by atoms with Gasteiger partial charge in [0, 0.05) is 39.8 Å². The molecule has 0 amide bonds. The van der Waals surface area contributed by atoms with E-state index in [1.807, 2.05) is 12.4 Å². The molecule has 0 aliphatic carbocycles. The topological polar surface area (TPSA) is 24.9 Å². The number of aromatic nitrogens is 1. The summed E-state index contributed by atoms with van der Waals surface area (Å²) in [6.45, 7) is 5.32. The second-order valence-corrected chi connectivity index (χ2v) is 7.36. The van der Waals surface area contributed by atoms with Gasteiger partial charge in [-0.05, 0) is 51.7 Å². The zero-order valence-corrected chi connectivity index (χ0v) is 15.5. The van der Waals surface area contributed by atoms with E-state index in [4.69, 9.17) is 0 Å². The van der Waals surface area contributed by atoms with E-state index < -0.39 is 0 Å². The Hall–Kier alpha value is -0.710. The van der Waals surface area contributed by atoms with Crippen LogP contribution < -0.4 is 5.32 Å². The van der Waals surface area contributed by atoms with Crippen molar-refractivity contribution in [2.45, 2.75) is 32.2 Å². The molecular formula is C17H20Br2N2. The average Bonchev–Trinajstić information content (AvgIpc) is 2.43. The first-order valence-corrected chi connectivity index (χ1v) is 8.71. The Bertz CT molecular complexity index is 585. The first-order valence-electron chi connectivity index (χ1n) is 7.13. The Morgan fingerprint density at radius 2 is 1.90 bits per heavy atom. The van der Waals surface area contributed by atoms with Crippen LogP contribution in [0.15, 0.2) is 51.7 Å². The summed E-state index contributed by atoms with van der Waals surface area (Å²) in [5, 5.41) is 3.55. The van der Waals surface area contributed by atoms with Crippen molar-refractivity contribution >= 4 is 31.9 Å². The summed E-state index contributed by atoms with van der Waals surface area (Å²) >= 11 is 7.06. The Kier molecular flexibility index (Phi) is 6.40. The molecule has 0 saturated heterocycles. The number of halogens is 2. The molecule has 1 heterocycles. The zero-order chi connectivity index (χ0) is 15.2. The molecule has 0 fully saturated rings. The summed E-state index contributed by atoms with van der Waals surface area (Å²) in [7, 11) is 0. The van der Waals surface area contributed by atoms with Gasteiger partial charge in [-0.15, -0.1) is 0 Å². The minimum absolute atomic E-state index is 0.431. The number of benzene rings is 1. The third kappa shape index (κ3) is 5.53. The van der Waals surface area contributed by atoms with Gasteiger partial charge in [-0.25, -0.2) is 0 Å². The molecule has 2 aromatic rings. The number of pyridine rings is 1. The van der Waals surface area contributed by atoms with E-state index in [0.29, 0.717) is 12.0 Å². The monoisotopic (exact) mass is 410 g/mol. The fraction of sp³-hybridized carbons (Fsp3) is 0.353. The molecule has 1 N–H and O–H groups in total. The first kappa shape index (κ1) is 16.7. The van der Waals surface area contributed by atoms with Gasteiger partial charge in [-0.2, -0.15) is 0 Å². The largest absolute Gasteiger partial charge is 0.314 e. The molecule has 21 heavy (non-hydrogen) atoms. The minimum Gasteiger partial charge on any atom is -0.314 e. The minimum atomic E-state index is 0.431. The van der Waals surface area contributed by atoms with Gasteiger partial charge in [0.05, 0.1) is 0 Å². The quantitative estimate of drug-likeness (QED) is 0.728. The molecule has 2 nitrogen and oxygen atoms in total. The molecule has 0 aliphatic heterocycles. The fourth-order valence-corrected chi connectivity index (χ4v) is 3.13. The lowest BCUT2D eigenvalue weighted by Gasteiger charge is -2.20. The Morgan fingerprint density at radius 1 is 1.10 bits per heavy atom. The van der Waals surface area contributed by atoms with Crippen molar-refractivity contribution in [1.29, 1.82) is 0 Å². The van der Waals surface area contributed by atoms with Crippen LogP contribution in [0.4, 0.5) is 0 Å². The lowest BCUT2D eigenvalue weighted by Crippen LogP contribution is -2.29. The van der Waals surface area contributed by atoms with Crippen LogP contribution in [0.1, 0.15) is 30.9 Å². The Labute approximate surface area is 143 Å². The number of nitrogens with one attached hydrogen (secondary N) is 1. The van der Waals surface area contributed by atoms with E-state index in [-0.39, 0.29) is 0 Å². The van der Waals surface area contributed by atoms with E-state index in [1.54, 1.807) is 0 Å². The highest BCUT2D eigenvalue weighted by atomic mass is 79.9. The number of nitrogens with zero attached hydrogens (tertiary/aromatic N) is 1. The molecule has 0 bridgehead atoms. The maximum Gasteiger partial charge on any atom is 0.0410 e. The summed E-state index contributed by atoms with van der Waals surface area (Å²) < 4.78 is 2.16. The van der Waals surface area contributed by atoms with Gasteiger partial charge in [-0.3, -0.25) is 4.98 Å². The second-order valence-electron chi connectivity index (χ2n) is 5.53. The van der Waals surface area contributed by atoms with Crippen molar-refractivity contribution in [3.63, 3.8) is 0 Å². The van der Waals surface area contributed by atoms with Gasteiger partial charge in [-0.1, -0.05) is 41.9 Å². The SMILES string of the molecule is CC(C)NCC(Cc1cncc(Br)c1)c1cccc(Br)c1. The van der Waals surface area contributed by atoms with Crippen LogP contribution in [-0.4, -0.2) is 17.6 Å². The summed E-state index contributed by atoms with van der Waals surface area (Å²) in [4.78, 5) is 4.27. The second kappa shape index (κ2) is 8.06. The summed E-state index contributed by atoms with van der Waals surface area (Å²) in [5.41, 5.74) is 2.59. The van der Waals surface area contributed by atoms with Crippen molar-refractivity contribution in [1.82, 2.24) is 10.3 Å². The third-order valence-corrected chi connectivity index (χ3v) is 4.26. The zero-order valence-electron chi connectivity index (χ0n) is 12.3. The smallest absolute Gasteiger partial charge is 0.0410 e. The fourth-order valence-electron chi connectivity index (χ4n) is 2.30. The van der Waals surface area contributed by atoms with Gasteiger partial charge < -0.3 is 5.32 Å². The molecule has 0 saturated carbocycles. The molecule has 1 atom stereocenters. The maximum absolute atomic E-state index is 4.27. The first-order chi connectivity index (χ1) is 10.0. The maximum atomic E-state index is 4.27. The van der Waals surface area contributed by atoms with Gasteiger partial charge in [0.1, 0.15) is 0 Å². The van der Waals surface area contributed by atoms with Crippen LogP contribution in [0.3, 0.4) is 0 Å². The molecule has 112 valence electrons. The molecule has 1 aromatic carbocycles. The van der Waals surface area contributed by atoms with Crippen LogP contribution in [0.5, 0.6) is 0 Å². The Morgan fingerprint density at radius 3 is 2.57 bits per heavy atom. The number of rotatable bonds is 6. The predicted octanol–water partition coefficient (Wildman–Crippen LogP) is 4.93. The van der Waals surface area contributed by atoms with E-state index in [9.17, 15) is 0 Å². The highest BCUT2D eigenvalue weighted by molar-refractivity contribution is 9.10. The third-order valence-electron chi connectivity index (χ3n) is 3.34. The predicted molar refractivity (Wildman–Crippen MR) is 95.7 cm³/mol. The summed E-state index contributed by atoms with van der Waals surface area (Å²) in [6, 6.07) is 11.2. The standard InChI is InChI=1S/C17H20Br2N2/c1-12(2)21-10-15(14-4-3-5-16(18)8-14)6-13-7-17(19)11-20-9-13/h3-5,7-9,11-12,15,21H,6,10H2,1-2H3. The molecular weight excluding hydrogens is 392 g/mol. The van der Waals surface area contributed by atoms with Crippen LogP contribution >= 0.6 is 31.9 Å². The normalized spacial score (nSPS) is 12.6. The van der Waals surface area contributed by atoms with Gasteiger partial charge in [0.25, 0.3) is 0 Å². The average molecular weight is 412 g/mol. The lowest BCUT2D eigenvalue weighted by atomic mass is 9.92. The van der Waals surface area contributed by atoms with E-state index in [0.717, 1.165) is 21.9 Å². The summed E-state index contributed by atoms with van der Waals surface area (Å²) in [5.74, 6) is 0.431. The van der Waals surface area contributed by atoms with Crippen LogP contribution in [-0.2, 0) is 6.42 Å². The van der Waals surface area contributed by atoms with Crippen LogP contribution in [0.25, 0.3) is 0 Å². The lowest BCUT2D eigenvalue weighted by molar-refractivity contribution is 0.526. The van der Waals surface area contributed by atoms with Gasteiger partial charge in [0.15, 0.2) is 0 Å². The van der Waals surface area contributed by atoms with E-state index in [2.05, 4.69) is 86.3 Å². The van der Waals surface area contributed by atoms with Crippen molar-refractivity contribution in [2.75, 3.05) is 6.54 Å². The van der Waals surface area contributed by atoms with Crippen molar-refractivity contribution in [3.8, 4) is 0 Å². The van der Waals surface area contributed by atoms with E-state index >= 15 is 0 Å². The molecule has 0 radical (unpaired) electrons. The molecule has 1 unspecified atom stereocenters. The van der Waals surface area contributed by atoms with Crippen molar-refractivity contribution in [2.24, 2.45) is 0 Å². The molecule has 1 aromatic heterocycles. The van der Waals surface area contributed by atoms with Crippen LogP contribution in [0, 0.1) is 0 Å². The van der Waals surface area contributed by atoms with Gasteiger partial charge in [0.2, 0.25) is 0 Å². The summed E-state index contributed by atoms with van der Waals surface area (Å²) in [6.07, 6.45) is 4.75. The highest BCUT2D eigenvalue weighted by Crippen LogP contribution is 2.24. The van der Waals surface area contributed by atoms with Crippen LogP contribution in [0.2, 0.25) is 0 Å². The molecule has 4 heteroatoms. The van der Waals surface area contributed by atoms with E-state index in [1.165, 1.54) is 11.1 Å². The molecule has 2 rings (SSSR count). The molecule has 0 spiro atoms. The number of hydrogen-bond donors (Lipinski definition) is 1. The molecule has 0 aliphatic rings. The Balaban J connectivity index is 2.19. The van der Waals surface area contributed by atoms with Gasteiger partial charge >= 0.3 is 0 Å².